The number of benzene rings is 3. The number of ether oxygens (including phenoxy) is 7. The fourth-order valence-electron chi connectivity index (χ4n) is 7.28. The maximum absolute atomic E-state index is 14.4. The van der Waals surface area contributed by atoms with Crippen molar-refractivity contribution in [2.75, 3.05) is 45.6 Å². The van der Waals surface area contributed by atoms with Gasteiger partial charge in [-0.3, -0.25) is 14.5 Å². The summed E-state index contributed by atoms with van der Waals surface area (Å²) >= 11 is 0. The molecule has 5 N–H and O–H groups in total. The zero-order valence-corrected chi connectivity index (χ0v) is 37.1. The van der Waals surface area contributed by atoms with Crippen molar-refractivity contribution in [1.29, 1.82) is 0 Å². The highest BCUT2D eigenvalue weighted by Crippen LogP contribution is 2.40. The lowest BCUT2D eigenvalue weighted by Crippen LogP contribution is -2.61. The van der Waals surface area contributed by atoms with Gasteiger partial charge in [-0.1, -0.05) is 37.7 Å². The molecular formula is C45H53N3O15Si. The topological polar surface area (TPSA) is 232 Å². The summed E-state index contributed by atoms with van der Waals surface area (Å²) in [6.07, 6.45) is -2.25. The predicted molar refractivity (Wildman–Crippen MR) is 233 cm³/mol. The molecule has 6 rings (SSSR count). The number of terminal acetylenes is 1. The van der Waals surface area contributed by atoms with E-state index in [9.17, 15) is 39.6 Å². The minimum Gasteiger partial charge on any atom is -0.497 e. The van der Waals surface area contributed by atoms with Crippen LogP contribution >= 0.6 is 0 Å². The number of aliphatic hydroxyl groups is 3. The molecule has 0 spiro atoms. The molecule has 1 unspecified atom stereocenters. The van der Waals surface area contributed by atoms with Crippen LogP contribution in [0.3, 0.4) is 0 Å². The van der Waals surface area contributed by atoms with Crippen LogP contribution in [0.2, 0.25) is 25.7 Å². The van der Waals surface area contributed by atoms with Crippen molar-refractivity contribution in [3.8, 4) is 35.3 Å². The number of carbonyl (C=O) groups excluding carboxylic acids is 3. The third-order valence-electron chi connectivity index (χ3n) is 10.9. The molecule has 3 amide bonds. The standard InChI is InChI=1S/C45H53N3O15Si/c1-7-16-60-36-21-31(62-44-39(51)37(49)38(50)40(63-44)43(54)55)13-10-28(36)24-61-45(56)46-15-14-27-19-33-32(22-35(27)58-3)41(52)47-23-29(26-8-11-30(57-2)12-9-26)20-34(47)42(53)48(33)25-59-17-18-64(4,5)6/h1,8-13,19,21-23,34,37-40,44,49-51H,14-18,20,24-25H2,2-6H3,(H,46,56)(H,54,55)/t34?,37-,38-,39+,40-,44+/m0/s1. The van der Waals surface area contributed by atoms with Gasteiger partial charge in [0.05, 0.1) is 25.5 Å². The van der Waals surface area contributed by atoms with Crippen molar-refractivity contribution >= 4 is 43.2 Å². The van der Waals surface area contributed by atoms with E-state index in [0.717, 1.165) is 17.2 Å². The molecule has 64 heavy (non-hydrogen) atoms. The Balaban J connectivity index is 1.15. The van der Waals surface area contributed by atoms with Crippen LogP contribution in [0.15, 0.2) is 60.8 Å². The van der Waals surface area contributed by atoms with E-state index in [1.54, 1.807) is 25.4 Å². The van der Waals surface area contributed by atoms with Crippen molar-refractivity contribution in [2.24, 2.45) is 0 Å². The number of carbonyl (C=O) groups is 4. The van der Waals surface area contributed by atoms with Crippen LogP contribution in [-0.2, 0) is 36.8 Å². The molecule has 0 aromatic heterocycles. The molecule has 3 aromatic rings. The van der Waals surface area contributed by atoms with Crippen LogP contribution in [0.1, 0.15) is 33.5 Å². The van der Waals surface area contributed by atoms with Crippen LogP contribution in [0.25, 0.3) is 5.57 Å². The van der Waals surface area contributed by atoms with Gasteiger partial charge < -0.3 is 63.8 Å². The number of anilines is 1. The second-order valence-corrected chi connectivity index (χ2v) is 22.1. The zero-order chi connectivity index (χ0) is 46.3. The first kappa shape index (κ1) is 47.3. The maximum atomic E-state index is 14.4. The van der Waals surface area contributed by atoms with Gasteiger partial charge in [0.1, 0.15) is 67.3 Å². The number of rotatable bonds is 18. The number of methoxy groups -OCH3 is 2. The molecule has 0 bridgehead atoms. The Morgan fingerprint density at radius 1 is 0.938 bits per heavy atom. The Morgan fingerprint density at radius 2 is 1.67 bits per heavy atom. The van der Waals surface area contributed by atoms with Crippen molar-refractivity contribution in [3.63, 3.8) is 0 Å². The van der Waals surface area contributed by atoms with Gasteiger partial charge in [0.25, 0.3) is 11.8 Å². The summed E-state index contributed by atoms with van der Waals surface area (Å²) in [7, 11) is 1.60. The smallest absolute Gasteiger partial charge is 0.407 e. The number of fused-ring (bicyclic) bond motifs is 2. The summed E-state index contributed by atoms with van der Waals surface area (Å²) in [5.74, 6) is 1.30. The molecule has 3 aromatic carbocycles. The number of nitrogens with one attached hydrogen (secondary N) is 1. The largest absolute Gasteiger partial charge is 0.497 e. The quantitative estimate of drug-likeness (QED) is 0.0700. The van der Waals surface area contributed by atoms with Crippen molar-refractivity contribution < 1.29 is 72.8 Å². The third kappa shape index (κ3) is 11.0. The molecule has 3 aliphatic rings. The van der Waals surface area contributed by atoms with Gasteiger partial charge in [-0.05, 0) is 65.6 Å². The van der Waals surface area contributed by atoms with Crippen LogP contribution < -0.4 is 29.2 Å². The van der Waals surface area contributed by atoms with E-state index in [-0.39, 0.29) is 61.8 Å². The predicted octanol–water partition coefficient (Wildman–Crippen LogP) is 3.37. The van der Waals surface area contributed by atoms with Crippen LogP contribution in [0.5, 0.6) is 23.0 Å². The number of carboxylic acid groups (broad SMARTS) is 1. The number of carboxylic acids is 1. The number of aliphatic hydroxyl groups excluding tert-OH is 3. The fraction of sp³-hybridized carbons (Fsp3) is 0.422. The minimum atomic E-state index is -1.90. The lowest BCUT2D eigenvalue weighted by atomic mass is 9.99. The van der Waals surface area contributed by atoms with E-state index in [1.165, 1.54) is 35.1 Å². The number of nitrogens with zero attached hydrogens (tertiary/aromatic N) is 2. The Kier molecular flexibility index (Phi) is 15.2. The van der Waals surface area contributed by atoms with Gasteiger partial charge in [0.15, 0.2) is 6.10 Å². The molecule has 18 nitrogen and oxygen atoms in total. The van der Waals surface area contributed by atoms with Crippen molar-refractivity contribution in [1.82, 2.24) is 10.2 Å². The van der Waals surface area contributed by atoms with Gasteiger partial charge in [0.2, 0.25) is 6.29 Å². The van der Waals surface area contributed by atoms with Crippen LogP contribution in [-0.4, -0.2) is 135 Å². The van der Waals surface area contributed by atoms with E-state index in [4.69, 9.17) is 39.6 Å². The Morgan fingerprint density at radius 3 is 2.34 bits per heavy atom. The highest BCUT2D eigenvalue weighted by atomic mass is 28.3. The molecule has 19 heteroatoms. The molecule has 3 aliphatic heterocycles. The zero-order valence-electron chi connectivity index (χ0n) is 36.1. The maximum Gasteiger partial charge on any atom is 0.407 e. The summed E-state index contributed by atoms with van der Waals surface area (Å²) < 4.78 is 39.0. The molecule has 3 heterocycles. The second-order valence-electron chi connectivity index (χ2n) is 16.5. The van der Waals surface area contributed by atoms with Gasteiger partial charge >= 0.3 is 12.1 Å². The lowest BCUT2D eigenvalue weighted by molar-refractivity contribution is -0.271. The first-order valence-corrected chi connectivity index (χ1v) is 24.2. The number of amides is 3. The second kappa shape index (κ2) is 20.6. The fourth-order valence-corrected chi connectivity index (χ4v) is 8.03. The van der Waals surface area contributed by atoms with Gasteiger partial charge in [-0.15, -0.1) is 6.42 Å². The third-order valence-corrected chi connectivity index (χ3v) is 12.6. The summed E-state index contributed by atoms with van der Waals surface area (Å²) in [4.78, 5) is 56.2. The van der Waals surface area contributed by atoms with E-state index >= 15 is 0 Å². The molecule has 0 aliphatic carbocycles. The van der Waals surface area contributed by atoms with E-state index in [0.29, 0.717) is 41.3 Å². The van der Waals surface area contributed by atoms with E-state index in [1.807, 2.05) is 24.3 Å². The molecule has 0 radical (unpaired) electrons. The lowest BCUT2D eigenvalue weighted by Gasteiger charge is -2.38. The monoisotopic (exact) mass is 903 g/mol. The highest BCUT2D eigenvalue weighted by Gasteiger charge is 2.48. The van der Waals surface area contributed by atoms with Crippen molar-refractivity contribution in [3.05, 3.63) is 83.1 Å². The normalized spacial score (nSPS) is 21.8. The first-order valence-electron chi connectivity index (χ1n) is 20.5. The molecule has 342 valence electrons. The van der Waals surface area contributed by atoms with Crippen LogP contribution in [0.4, 0.5) is 10.5 Å². The summed E-state index contributed by atoms with van der Waals surface area (Å²) in [5, 5.41) is 42.6. The van der Waals surface area contributed by atoms with Crippen molar-refractivity contribution in [2.45, 2.75) is 81.9 Å². The molecule has 6 atom stereocenters. The van der Waals surface area contributed by atoms with E-state index < -0.39 is 56.9 Å². The summed E-state index contributed by atoms with van der Waals surface area (Å²) in [6.45, 7) is 6.68. The number of hydrogen-bond acceptors (Lipinski definition) is 14. The highest BCUT2D eigenvalue weighted by molar-refractivity contribution is 6.76. The Bertz CT molecular complexity index is 2270. The molecule has 0 saturated carbocycles. The molecule has 1 fully saturated rings. The van der Waals surface area contributed by atoms with Gasteiger partial charge in [0, 0.05) is 45.5 Å². The van der Waals surface area contributed by atoms with Gasteiger partial charge in [-0.25, -0.2) is 9.59 Å². The average molecular weight is 904 g/mol. The number of alkyl carbamates (subject to hydrolysis) is 1. The van der Waals surface area contributed by atoms with E-state index in [2.05, 4.69) is 30.9 Å². The average Bonchev–Trinajstić information content (AvgIpc) is 3.70. The first-order chi connectivity index (χ1) is 30.5. The van der Waals surface area contributed by atoms with Crippen LogP contribution in [0, 0.1) is 12.3 Å². The SMILES string of the molecule is C#CCOc1cc(O[C@@H]2O[C@H](C(=O)O)[C@@H](O)[C@H](O)[C@H]2O)ccc1COC(=O)NCCc1cc2c(cc1OC)C(=O)N1C=C(c3ccc(OC)cc3)CC1C(=O)N2COCC[Si](C)(C)C. The molecule has 1 saturated heterocycles. The summed E-state index contributed by atoms with van der Waals surface area (Å²) in [5.41, 5.74) is 3.28. The minimum absolute atomic E-state index is 0.0157. The Labute approximate surface area is 371 Å². The number of aliphatic carboxylic acids is 1. The Hall–Kier alpha value is -6.14. The number of hydrogen-bond donors (Lipinski definition) is 5. The molecular weight excluding hydrogens is 851 g/mol. The van der Waals surface area contributed by atoms with Gasteiger partial charge in [-0.2, -0.15) is 0 Å². The summed E-state index contributed by atoms with van der Waals surface area (Å²) in [6, 6.07) is 15.1.